The van der Waals surface area contributed by atoms with Gasteiger partial charge in [-0.1, -0.05) is 48.2 Å². The van der Waals surface area contributed by atoms with E-state index in [-0.39, 0.29) is 11.6 Å². The van der Waals surface area contributed by atoms with Crippen molar-refractivity contribution in [3.63, 3.8) is 0 Å². The summed E-state index contributed by atoms with van der Waals surface area (Å²) in [6.07, 6.45) is 1.64. The quantitative estimate of drug-likeness (QED) is 0.171. The molecule has 0 atom stereocenters. The number of benzene rings is 2. The monoisotopic (exact) mass is 620 g/mol. The van der Waals surface area contributed by atoms with Crippen LogP contribution in [0.25, 0.3) is 17.1 Å². The smallest absolute Gasteiger partial charge is 0.337 e. The first-order valence-corrected chi connectivity index (χ1v) is 15.7. The molecule has 0 radical (unpaired) electrons. The highest BCUT2D eigenvalue weighted by Gasteiger charge is 2.31. The lowest BCUT2D eigenvalue weighted by Gasteiger charge is -2.31. The number of amides is 1. The second kappa shape index (κ2) is 12.7. The van der Waals surface area contributed by atoms with E-state index in [0.29, 0.717) is 52.0 Å². The minimum atomic E-state index is -4.49. The number of nitrogens with zero attached hydrogens (tertiary/aromatic N) is 6. The second-order valence-corrected chi connectivity index (χ2v) is 12.2. The number of aromatic nitrogens is 5. The Morgan fingerprint density at radius 2 is 1.81 bits per heavy atom. The third-order valence-corrected chi connectivity index (χ3v) is 9.32. The van der Waals surface area contributed by atoms with Crippen LogP contribution in [0, 0.1) is 5.92 Å². The molecule has 1 amide bonds. The Bertz CT molecular complexity index is 1680. The SMILES string of the molecule is O=C(c1csc(CSc2nnc(-c3cccnc3)n2-c2cccc(C(F)(F)F)c2)n1)N1CCC(Cc2ccccc2)CC1. The Morgan fingerprint density at radius 1 is 1.00 bits per heavy atom. The van der Waals surface area contributed by atoms with Gasteiger partial charge >= 0.3 is 6.18 Å². The van der Waals surface area contributed by atoms with Gasteiger partial charge in [0, 0.05) is 36.4 Å². The summed E-state index contributed by atoms with van der Waals surface area (Å²) in [5.41, 5.74) is 1.88. The predicted molar refractivity (Wildman–Crippen MR) is 160 cm³/mol. The maximum Gasteiger partial charge on any atom is 0.416 e. The minimum Gasteiger partial charge on any atom is -0.337 e. The summed E-state index contributed by atoms with van der Waals surface area (Å²) in [4.78, 5) is 23.8. The van der Waals surface area contributed by atoms with Gasteiger partial charge in [-0.15, -0.1) is 21.5 Å². The zero-order valence-electron chi connectivity index (χ0n) is 22.9. The average molecular weight is 621 g/mol. The average Bonchev–Trinajstić information content (AvgIpc) is 3.68. The molecular weight excluding hydrogens is 594 g/mol. The van der Waals surface area contributed by atoms with E-state index in [1.165, 1.54) is 34.7 Å². The van der Waals surface area contributed by atoms with Crippen LogP contribution in [0.5, 0.6) is 0 Å². The van der Waals surface area contributed by atoms with Crippen molar-refractivity contribution in [3.05, 3.63) is 106 Å². The number of thioether (sulfide) groups is 1. The summed E-state index contributed by atoms with van der Waals surface area (Å²) >= 11 is 2.67. The molecule has 1 aliphatic heterocycles. The van der Waals surface area contributed by atoms with Crippen LogP contribution in [0.3, 0.4) is 0 Å². The molecule has 43 heavy (non-hydrogen) atoms. The van der Waals surface area contributed by atoms with Crippen LogP contribution in [-0.2, 0) is 18.3 Å². The third-order valence-electron chi connectivity index (χ3n) is 7.35. The van der Waals surface area contributed by atoms with Crippen LogP contribution in [0.2, 0.25) is 0 Å². The highest BCUT2D eigenvalue weighted by atomic mass is 32.2. The number of hydrogen-bond donors (Lipinski definition) is 0. The number of hydrogen-bond acceptors (Lipinski definition) is 7. The molecule has 4 heterocycles. The fourth-order valence-electron chi connectivity index (χ4n) is 5.15. The molecule has 0 saturated carbocycles. The van der Waals surface area contributed by atoms with E-state index < -0.39 is 11.7 Å². The number of halogens is 3. The number of likely N-dealkylation sites (tertiary alicyclic amines) is 1. The van der Waals surface area contributed by atoms with Gasteiger partial charge in [-0.05, 0) is 61.1 Å². The Balaban J connectivity index is 1.15. The lowest BCUT2D eigenvalue weighted by Crippen LogP contribution is -2.39. The van der Waals surface area contributed by atoms with Crippen LogP contribution in [-0.4, -0.2) is 48.6 Å². The van der Waals surface area contributed by atoms with Crippen molar-refractivity contribution in [2.24, 2.45) is 5.92 Å². The van der Waals surface area contributed by atoms with E-state index in [9.17, 15) is 18.0 Å². The number of piperidine rings is 1. The van der Waals surface area contributed by atoms with Gasteiger partial charge < -0.3 is 4.90 Å². The first-order valence-electron chi connectivity index (χ1n) is 13.8. The molecule has 2 aromatic carbocycles. The van der Waals surface area contributed by atoms with Crippen molar-refractivity contribution in [2.75, 3.05) is 13.1 Å². The molecule has 0 spiro atoms. The summed E-state index contributed by atoms with van der Waals surface area (Å²) in [5.74, 6) is 1.23. The van der Waals surface area contributed by atoms with Crippen molar-refractivity contribution in [2.45, 2.75) is 36.3 Å². The van der Waals surface area contributed by atoms with Gasteiger partial charge in [0.25, 0.3) is 5.91 Å². The maximum atomic E-state index is 13.5. The fourth-order valence-corrected chi connectivity index (χ4v) is 6.89. The lowest BCUT2D eigenvalue weighted by molar-refractivity contribution is -0.137. The molecule has 12 heteroatoms. The molecule has 0 N–H and O–H groups in total. The number of alkyl halides is 3. The van der Waals surface area contributed by atoms with E-state index in [4.69, 9.17) is 0 Å². The number of rotatable bonds is 8. The molecule has 1 fully saturated rings. The molecule has 1 saturated heterocycles. The largest absolute Gasteiger partial charge is 0.416 e. The zero-order valence-corrected chi connectivity index (χ0v) is 24.6. The van der Waals surface area contributed by atoms with Gasteiger partial charge in [0.05, 0.1) is 17.0 Å². The van der Waals surface area contributed by atoms with Crippen molar-refractivity contribution in [1.29, 1.82) is 0 Å². The summed E-state index contributed by atoms with van der Waals surface area (Å²) in [7, 11) is 0. The Kier molecular flexibility index (Phi) is 8.57. The van der Waals surface area contributed by atoms with E-state index in [0.717, 1.165) is 31.4 Å². The zero-order chi connectivity index (χ0) is 29.8. The van der Waals surface area contributed by atoms with Crippen LogP contribution in [0.15, 0.2) is 89.7 Å². The first-order chi connectivity index (χ1) is 20.8. The maximum absolute atomic E-state index is 13.5. The predicted octanol–water partition coefficient (Wildman–Crippen LogP) is 7.19. The number of pyridine rings is 1. The molecule has 0 unspecified atom stereocenters. The standard InChI is InChI=1S/C31H27F3N6OS2/c32-31(33,34)24-9-4-10-25(17-24)40-28(23-8-5-13-35-18-23)37-38-30(40)43-20-27-36-26(19-42-27)29(41)39-14-11-22(12-15-39)16-21-6-2-1-3-7-21/h1-10,13,17-19,22H,11-12,14-16,20H2. The Hall–Kier alpha value is -4.03. The van der Waals surface area contributed by atoms with E-state index in [2.05, 4.69) is 44.4 Å². The van der Waals surface area contributed by atoms with Gasteiger partial charge in [0.1, 0.15) is 10.7 Å². The van der Waals surface area contributed by atoms with Crippen LogP contribution >= 0.6 is 23.1 Å². The molecule has 220 valence electrons. The second-order valence-electron chi connectivity index (χ2n) is 10.3. The highest BCUT2D eigenvalue weighted by Crippen LogP contribution is 2.34. The third kappa shape index (κ3) is 6.80. The van der Waals surface area contributed by atoms with Gasteiger partial charge in [0.2, 0.25) is 0 Å². The van der Waals surface area contributed by atoms with Gasteiger partial charge in [-0.25, -0.2) is 4.98 Å². The topological polar surface area (TPSA) is 76.8 Å². The molecule has 6 rings (SSSR count). The van der Waals surface area contributed by atoms with Gasteiger partial charge in [-0.3, -0.25) is 14.3 Å². The number of carbonyl (C=O) groups is 1. The van der Waals surface area contributed by atoms with E-state index in [1.807, 2.05) is 11.0 Å². The van der Waals surface area contributed by atoms with Gasteiger partial charge in [0.15, 0.2) is 11.0 Å². The summed E-state index contributed by atoms with van der Waals surface area (Å²) in [6, 6.07) is 19.0. The number of carbonyl (C=O) groups excluding carboxylic acids is 1. The molecule has 7 nitrogen and oxygen atoms in total. The van der Waals surface area contributed by atoms with Crippen LogP contribution in [0.4, 0.5) is 13.2 Å². The Morgan fingerprint density at radius 3 is 2.56 bits per heavy atom. The summed E-state index contributed by atoms with van der Waals surface area (Å²) in [6.45, 7) is 1.41. The summed E-state index contributed by atoms with van der Waals surface area (Å²) in [5, 5.41) is 11.5. The van der Waals surface area contributed by atoms with E-state index in [1.54, 1.807) is 40.5 Å². The van der Waals surface area contributed by atoms with Crippen molar-refractivity contribution >= 4 is 29.0 Å². The number of thiazole rings is 1. The van der Waals surface area contributed by atoms with Crippen molar-refractivity contribution < 1.29 is 18.0 Å². The van der Waals surface area contributed by atoms with Crippen molar-refractivity contribution in [3.8, 4) is 17.1 Å². The molecule has 0 aliphatic carbocycles. The molecule has 5 aromatic rings. The Labute approximate surface area is 254 Å². The molecule has 3 aromatic heterocycles. The lowest BCUT2D eigenvalue weighted by atomic mass is 9.90. The van der Waals surface area contributed by atoms with Gasteiger partial charge in [-0.2, -0.15) is 13.2 Å². The molecule has 1 aliphatic rings. The molecular formula is C31H27F3N6OS2. The molecule has 0 bridgehead atoms. The van der Waals surface area contributed by atoms with Crippen LogP contribution < -0.4 is 0 Å². The minimum absolute atomic E-state index is 0.0725. The van der Waals surface area contributed by atoms with Crippen LogP contribution in [0.1, 0.15) is 39.5 Å². The normalized spacial score (nSPS) is 14.3. The summed E-state index contributed by atoms with van der Waals surface area (Å²) < 4.78 is 42.2. The highest BCUT2D eigenvalue weighted by molar-refractivity contribution is 7.98. The fraction of sp³-hybridized carbons (Fsp3) is 0.258. The van der Waals surface area contributed by atoms with E-state index >= 15 is 0 Å². The first kappa shape index (κ1) is 29.1. The van der Waals surface area contributed by atoms with Crippen molar-refractivity contribution in [1.82, 2.24) is 29.6 Å².